The molecule has 7 nitrogen and oxygen atoms in total. The summed E-state index contributed by atoms with van der Waals surface area (Å²) in [5.74, 6) is -0.259. The highest BCUT2D eigenvalue weighted by Gasteiger charge is 2.66. The summed E-state index contributed by atoms with van der Waals surface area (Å²) in [6.07, 6.45) is 5.67. The lowest BCUT2D eigenvalue weighted by Crippen LogP contribution is -2.72. The zero-order chi connectivity index (χ0) is 19.4. The van der Waals surface area contributed by atoms with Crippen LogP contribution < -0.4 is 11.1 Å². The van der Waals surface area contributed by atoms with Crippen LogP contribution in [-0.2, 0) is 14.4 Å². The number of carbonyl (C=O) groups excluding carboxylic acids is 2. The van der Waals surface area contributed by atoms with E-state index in [4.69, 9.17) is 5.73 Å². The topological polar surface area (TPSA) is 113 Å². The zero-order valence-electron chi connectivity index (χ0n) is 15.7. The van der Waals surface area contributed by atoms with E-state index in [2.05, 4.69) is 5.32 Å². The minimum Gasteiger partial charge on any atom is -0.480 e. The van der Waals surface area contributed by atoms with E-state index in [1.54, 1.807) is 0 Å². The lowest BCUT2D eigenvalue weighted by atomic mass is 9.47. The lowest BCUT2D eigenvalue weighted by molar-refractivity contribution is -0.164. The molecule has 0 spiro atoms. The number of nitrogens with two attached hydrogens (primary N) is 1. The molecular weight excluding hydrogens is 366 g/mol. The number of β-lactam (4-membered cyclic amide) rings is 1. The molecule has 0 aromatic heterocycles. The Morgan fingerprint density at radius 1 is 1.22 bits per heavy atom. The largest absolute Gasteiger partial charge is 0.480 e. The molecular formula is C19H27N3O4S. The molecule has 4 aliphatic carbocycles. The molecule has 6 aliphatic rings. The number of rotatable bonds is 3. The molecule has 2 aliphatic heterocycles. The van der Waals surface area contributed by atoms with Crippen LogP contribution in [0.5, 0.6) is 0 Å². The summed E-state index contributed by atoms with van der Waals surface area (Å²) < 4.78 is -0.576. The van der Waals surface area contributed by atoms with Gasteiger partial charge in [0, 0.05) is 10.3 Å². The van der Waals surface area contributed by atoms with Crippen LogP contribution in [-0.4, -0.2) is 55.5 Å². The maximum absolute atomic E-state index is 13.3. The average Bonchev–Trinajstić information content (AvgIpc) is 2.78. The van der Waals surface area contributed by atoms with E-state index in [1.165, 1.54) is 23.1 Å². The molecule has 4 bridgehead atoms. The Kier molecular flexibility index (Phi) is 3.43. The zero-order valence-corrected chi connectivity index (χ0v) is 16.6. The maximum Gasteiger partial charge on any atom is 0.327 e. The predicted octanol–water partition coefficient (Wildman–Crippen LogP) is 0.916. The van der Waals surface area contributed by atoms with Crippen LogP contribution in [0.25, 0.3) is 0 Å². The summed E-state index contributed by atoms with van der Waals surface area (Å²) in [6, 6.07) is -1.46. The van der Waals surface area contributed by atoms with E-state index < -0.39 is 28.2 Å². The number of amides is 2. The number of carboxylic acid groups (broad SMARTS) is 1. The maximum atomic E-state index is 13.3. The summed E-state index contributed by atoms with van der Waals surface area (Å²) >= 11 is 1.47. The van der Waals surface area contributed by atoms with Gasteiger partial charge in [-0.2, -0.15) is 0 Å². The van der Waals surface area contributed by atoms with Crippen molar-refractivity contribution in [3.63, 3.8) is 0 Å². The van der Waals surface area contributed by atoms with Crippen LogP contribution in [0.15, 0.2) is 0 Å². The molecule has 148 valence electrons. The van der Waals surface area contributed by atoms with Gasteiger partial charge >= 0.3 is 5.97 Å². The first-order chi connectivity index (χ1) is 12.5. The van der Waals surface area contributed by atoms with Crippen molar-refractivity contribution in [1.82, 2.24) is 10.2 Å². The number of hydrogen-bond acceptors (Lipinski definition) is 5. The standard InChI is InChI=1S/C19H27N3O4S/c1-17(2)12(15(24)25)22-13(23)11(14(22)27-17)21-16(26)18-4-9-3-10(5-18)7-19(20,6-9)8-18/h9-12,14H,3-8,20H2,1-2H3,(H,21,26)(H,24,25)/t9?,10?,11-,12+,14-,18?,19?/m1/s1. The smallest absolute Gasteiger partial charge is 0.327 e. The number of thioether (sulfide) groups is 1. The number of hydrogen-bond donors (Lipinski definition) is 3. The SMILES string of the molecule is CC1(C)S[C@@H]2[C@H](NC(=O)C34CC5CC(CC(N)(C5)C3)C4)C(=O)N2[C@H]1C(=O)O. The van der Waals surface area contributed by atoms with Gasteiger partial charge in [0.1, 0.15) is 17.5 Å². The third-order valence-electron chi connectivity index (χ3n) is 7.55. The fraction of sp³-hybridized carbons (Fsp3) is 0.842. The fourth-order valence-electron chi connectivity index (χ4n) is 7.04. The van der Waals surface area contributed by atoms with Gasteiger partial charge in [-0.15, -0.1) is 11.8 Å². The van der Waals surface area contributed by atoms with Crippen LogP contribution >= 0.6 is 11.8 Å². The Morgan fingerprint density at radius 2 is 1.85 bits per heavy atom. The van der Waals surface area contributed by atoms with Gasteiger partial charge in [0.25, 0.3) is 0 Å². The van der Waals surface area contributed by atoms with E-state index in [9.17, 15) is 19.5 Å². The highest BCUT2D eigenvalue weighted by Crippen LogP contribution is 2.61. The molecule has 0 aromatic rings. The Hall–Kier alpha value is -1.28. The highest BCUT2D eigenvalue weighted by molar-refractivity contribution is 8.01. The summed E-state index contributed by atoms with van der Waals surface area (Å²) in [4.78, 5) is 39.0. The average molecular weight is 394 g/mol. The predicted molar refractivity (Wildman–Crippen MR) is 99.7 cm³/mol. The first-order valence-electron chi connectivity index (χ1n) is 9.86. The normalized spacial score (nSPS) is 48.9. The van der Waals surface area contributed by atoms with E-state index in [0.717, 1.165) is 25.7 Å². The van der Waals surface area contributed by atoms with Gasteiger partial charge in [-0.25, -0.2) is 4.79 Å². The third-order valence-corrected chi connectivity index (χ3v) is 9.12. The van der Waals surface area contributed by atoms with Crippen molar-refractivity contribution < 1.29 is 19.5 Å². The molecule has 2 unspecified atom stereocenters. The minimum atomic E-state index is -0.987. The first kappa shape index (κ1) is 17.8. The van der Waals surface area contributed by atoms with E-state index in [-0.39, 0.29) is 22.7 Å². The summed E-state index contributed by atoms with van der Waals surface area (Å²) in [5, 5.41) is 12.2. The van der Waals surface area contributed by atoms with Gasteiger partial charge < -0.3 is 21.1 Å². The van der Waals surface area contributed by atoms with Gasteiger partial charge in [0.2, 0.25) is 11.8 Å². The van der Waals surface area contributed by atoms with Crippen LogP contribution in [0.2, 0.25) is 0 Å². The molecule has 27 heavy (non-hydrogen) atoms. The Labute approximate surface area is 162 Å². The molecule has 6 fully saturated rings. The number of nitrogens with zero attached hydrogens (tertiary/aromatic N) is 1. The van der Waals surface area contributed by atoms with Gasteiger partial charge in [0.15, 0.2) is 0 Å². The number of fused-ring (bicyclic) bond motifs is 1. The van der Waals surface area contributed by atoms with E-state index >= 15 is 0 Å². The molecule has 4 N–H and O–H groups in total. The Bertz CT molecular complexity index is 739. The first-order valence-corrected chi connectivity index (χ1v) is 10.7. The molecule has 2 heterocycles. The number of carboxylic acids is 1. The van der Waals surface area contributed by atoms with E-state index in [0.29, 0.717) is 18.3 Å². The molecule has 8 heteroatoms. The van der Waals surface area contributed by atoms with E-state index in [1.807, 2.05) is 13.8 Å². The van der Waals surface area contributed by atoms with Crippen LogP contribution in [0.3, 0.4) is 0 Å². The second-order valence-electron chi connectivity index (χ2n) is 10.2. The second-order valence-corrected chi connectivity index (χ2v) is 11.9. The van der Waals surface area contributed by atoms with Crippen molar-refractivity contribution in [2.45, 2.75) is 80.1 Å². The molecule has 0 aromatic carbocycles. The van der Waals surface area contributed by atoms with Crippen molar-refractivity contribution in [3.8, 4) is 0 Å². The Morgan fingerprint density at radius 3 is 2.41 bits per heavy atom. The van der Waals surface area contributed by atoms with Gasteiger partial charge in [-0.1, -0.05) is 0 Å². The van der Waals surface area contributed by atoms with Crippen molar-refractivity contribution in [2.75, 3.05) is 0 Å². The van der Waals surface area contributed by atoms with Crippen molar-refractivity contribution in [2.24, 2.45) is 23.0 Å². The number of nitrogens with one attached hydrogen (secondary N) is 1. The van der Waals surface area contributed by atoms with Gasteiger partial charge in [-0.05, 0) is 64.2 Å². The van der Waals surface area contributed by atoms with Crippen molar-refractivity contribution in [1.29, 1.82) is 0 Å². The van der Waals surface area contributed by atoms with Gasteiger partial charge in [-0.3, -0.25) is 9.59 Å². The van der Waals surface area contributed by atoms with Crippen molar-refractivity contribution in [3.05, 3.63) is 0 Å². The third kappa shape index (κ3) is 2.35. The van der Waals surface area contributed by atoms with Crippen molar-refractivity contribution >= 4 is 29.5 Å². The fourth-order valence-corrected chi connectivity index (χ4v) is 8.66. The highest BCUT2D eigenvalue weighted by atomic mass is 32.2. The Balaban J connectivity index is 1.35. The summed E-state index contributed by atoms with van der Waals surface area (Å²) in [6.45, 7) is 3.69. The summed E-state index contributed by atoms with van der Waals surface area (Å²) in [7, 11) is 0. The molecule has 2 amide bonds. The molecule has 2 saturated heterocycles. The summed E-state index contributed by atoms with van der Waals surface area (Å²) in [5.41, 5.74) is 5.93. The van der Waals surface area contributed by atoms with Gasteiger partial charge in [0.05, 0.1) is 5.41 Å². The second kappa shape index (κ2) is 5.20. The monoisotopic (exact) mass is 393 g/mol. The minimum absolute atomic E-state index is 0.0402. The number of aliphatic carboxylic acids is 1. The lowest BCUT2D eigenvalue weighted by Gasteiger charge is -2.60. The molecule has 4 saturated carbocycles. The molecule has 0 radical (unpaired) electrons. The molecule has 5 atom stereocenters. The van der Waals surface area contributed by atoms with Crippen LogP contribution in [0.4, 0.5) is 0 Å². The number of carbonyl (C=O) groups is 3. The quantitative estimate of drug-likeness (QED) is 0.615. The molecule has 6 rings (SSSR count). The van der Waals surface area contributed by atoms with Crippen LogP contribution in [0, 0.1) is 17.3 Å². The van der Waals surface area contributed by atoms with Crippen LogP contribution in [0.1, 0.15) is 52.4 Å².